The molecule has 2 aliphatic rings. The van der Waals surface area contributed by atoms with Crippen LogP contribution in [0.2, 0.25) is 0 Å². The van der Waals surface area contributed by atoms with Crippen molar-refractivity contribution in [3.8, 4) is 0 Å². The van der Waals surface area contributed by atoms with Gasteiger partial charge in [-0.05, 0) is 31.6 Å². The zero-order valence-electron chi connectivity index (χ0n) is 13.0. The van der Waals surface area contributed by atoms with Crippen LogP contribution >= 0.6 is 0 Å². The van der Waals surface area contributed by atoms with Gasteiger partial charge in [-0.2, -0.15) is 0 Å². The minimum absolute atomic E-state index is 0.143. The van der Waals surface area contributed by atoms with Crippen molar-refractivity contribution in [2.75, 3.05) is 13.1 Å². The van der Waals surface area contributed by atoms with Crippen molar-refractivity contribution < 1.29 is 9.90 Å². The Morgan fingerprint density at radius 3 is 2.45 bits per heavy atom. The van der Waals surface area contributed by atoms with Crippen LogP contribution in [-0.2, 0) is 4.79 Å². The summed E-state index contributed by atoms with van der Waals surface area (Å²) in [6.07, 6.45) is 7.02. The quantitative estimate of drug-likeness (QED) is 0.828. The van der Waals surface area contributed by atoms with Crippen LogP contribution in [0.3, 0.4) is 0 Å². The number of rotatable bonds is 4. The molecule has 116 valence electrons. The zero-order valence-corrected chi connectivity index (χ0v) is 13.0. The summed E-state index contributed by atoms with van der Waals surface area (Å²) in [5.41, 5.74) is 0. The lowest BCUT2D eigenvalue weighted by Gasteiger charge is -2.41. The van der Waals surface area contributed by atoms with Gasteiger partial charge < -0.3 is 10.4 Å². The van der Waals surface area contributed by atoms with E-state index in [1.54, 1.807) is 0 Å². The highest BCUT2D eigenvalue weighted by Crippen LogP contribution is 2.25. The number of aliphatic hydroxyl groups is 1. The van der Waals surface area contributed by atoms with E-state index in [1.807, 2.05) is 0 Å². The van der Waals surface area contributed by atoms with Crippen LogP contribution in [0.5, 0.6) is 0 Å². The first-order valence-corrected chi connectivity index (χ1v) is 8.27. The third-order valence-corrected chi connectivity index (χ3v) is 4.65. The van der Waals surface area contributed by atoms with Gasteiger partial charge in [0.1, 0.15) is 0 Å². The lowest BCUT2D eigenvalue weighted by atomic mass is 9.89. The Hall–Kier alpha value is -0.610. The normalized spacial score (nSPS) is 29.6. The van der Waals surface area contributed by atoms with Gasteiger partial charge in [-0.25, -0.2) is 0 Å². The Labute approximate surface area is 122 Å². The largest absolute Gasteiger partial charge is 0.391 e. The van der Waals surface area contributed by atoms with E-state index < -0.39 is 0 Å². The van der Waals surface area contributed by atoms with Crippen molar-refractivity contribution in [1.29, 1.82) is 0 Å². The number of nitrogens with one attached hydrogen (secondary N) is 1. The lowest BCUT2D eigenvalue weighted by Crippen LogP contribution is -2.52. The molecule has 20 heavy (non-hydrogen) atoms. The molecule has 2 rings (SSSR count). The minimum atomic E-state index is -0.143. The zero-order chi connectivity index (χ0) is 14.5. The highest BCUT2D eigenvalue weighted by Gasteiger charge is 2.31. The molecular formula is C16H30N2O2. The second-order valence-electron chi connectivity index (χ2n) is 6.89. The van der Waals surface area contributed by atoms with Crippen molar-refractivity contribution in [2.24, 2.45) is 5.92 Å². The van der Waals surface area contributed by atoms with Crippen molar-refractivity contribution in [1.82, 2.24) is 10.2 Å². The van der Waals surface area contributed by atoms with Crippen LogP contribution in [0, 0.1) is 5.92 Å². The molecule has 0 aromatic rings. The highest BCUT2D eigenvalue weighted by atomic mass is 16.3. The number of hydrogen-bond acceptors (Lipinski definition) is 3. The topological polar surface area (TPSA) is 52.6 Å². The molecule has 4 heteroatoms. The molecule has 1 amide bonds. The summed E-state index contributed by atoms with van der Waals surface area (Å²) in [5.74, 6) is 0.614. The van der Waals surface area contributed by atoms with E-state index in [9.17, 15) is 9.90 Å². The van der Waals surface area contributed by atoms with Gasteiger partial charge in [0.05, 0.1) is 6.10 Å². The van der Waals surface area contributed by atoms with Crippen LogP contribution in [0.15, 0.2) is 0 Å². The lowest BCUT2D eigenvalue weighted by molar-refractivity contribution is -0.122. The molecule has 0 aromatic heterocycles. The van der Waals surface area contributed by atoms with Crippen LogP contribution in [0.4, 0.5) is 0 Å². The summed E-state index contributed by atoms with van der Waals surface area (Å²) in [4.78, 5) is 14.2. The average molecular weight is 282 g/mol. The molecule has 1 aliphatic heterocycles. The number of piperidine rings is 1. The molecular weight excluding hydrogens is 252 g/mol. The van der Waals surface area contributed by atoms with Crippen molar-refractivity contribution >= 4 is 5.91 Å². The Kier molecular flexibility index (Phi) is 5.85. The number of hydrogen-bond donors (Lipinski definition) is 2. The van der Waals surface area contributed by atoms with Crippen LogP contribution in [0.1, 0.15) is 58.8 Å². The SMILES string of the molecule is CC(C)CC(=O)NC1CCN(C2CCCCC2O)CC1. The average Bonchev–Trinajstić information content (AvgIpc) is 2.39. The molecule has 0 radical (unpaired) electrons. The minimum Gasteiger partial charge on any atom is -0.391 e. The molecule has 2 atom stereocenters. The van der Waals surface area contributed by atoms with Gasteiger partial charge in [-0.15, -0.1) is 0 Å². The van der Waals surface area contributed by atoms with E-state index in [-0.39, 0.29) is 12.0 Å². The van der Waals surface area contributed by atoms with E-state index >= 15 is 0 Å². The summed E-state index contributed by atoms with van der Waals surface area (Å²) >= 11 is 0. The second-order valence-corrected chi connectivity index (χ2v) is 6.89. The number of carbonyl (C=O) groups excluding carboxylic acids is 1. The van der Waals surface area contributed by atoms with Gasteiger partial charge in [-0.3, -0.25) is 9.69 Å². The first-order chi connectivity index (χ1) is 9.56. The van der Waals surface area contributed by atoms with Gasteiger partial charge in [-0.1, -0.05) is 26.7 Å². The Morgan fingerprint density at radius 1 is 1.20 bits per heavy atom. The highest BCUT2D eigenvalue weighted by molar-refractivity contribution is 5.76. The molecule has 1 saturated carbocycles. The third kappa shape index (κ3) is 4.45. The van der Waals surface area contributed by atoms with Crippen molar-refractivity contribution in [3.63, 3.8) is 0 Å². The number of carbonyl (C=O) groups is 1. The molecule has 1 heterocycles. The standard InChI is InChI=1S/C16H30N2O2/c1-12(2)11-16(20)17-13-7-9-18(10-8-13)14-5-3-4-6-15(14)19/h12-15,19H,3-11H2,1-2H3,(H,17,20). The molecule has 2 fully saturated rings. The number of nitrogens with zero attached hydrogens (tertiary/aromatic N) is 1. The fourth-order valence-electron chi connectivity index (χ4n) is 3.55. The van der Waals surface area contributed by atoms with E-state index in [0.29, 0.717) is 24.4 Å². The summed E-state index contributed by atoms with van der Waals surface area (Å²) in [6, 6.07) is 0.689. The molecule has 2 N–H and O–H groups in total. The van der Waals surface area contributed by atoms with Crippen LogP contribution < -0.4 is 5.32 Å². The van der Waals surface area contributed by atoms with E-state index in [2.05, 4.69) is 24.1 Å². The Morgan fingerprint density at radius 2 is 1.85 bits per heavy atom. The van der Waals surface area contributed by atoms with Gasteiger partial charge >= 0.3 is 0 Å². The van der Waals surface area contributed by atoms with Crippen molar-refractivity contribution in [3.05, 3.63) is 0 Å². The molecule has 2 unspecified atom stereocenters. The Balaban J connectivity index is 1.73. The van der Waals surface area contributed by atoms with Gasteiger partial charge in [0.2, 0.25) is 5.91 Å². The Bertz CT molecular complexity index is 312. The first-order valence-electron chi connectivity index (χ1n) is 8.27. The number of aliphatic hydroxyl groups excluding tert-OH is 1. The molecule has 0 aromatic carbocycles. The van der Waals surface area contributed by atoms with Crippen LogP contribution in [-0.4, -0.2) is 47.2 Å². The number of amides is 1. The summed E-state index contributed by atoms with van der Waals surface area (Å²) in [6.45, 7) is 6.17. The first kappa shape index (κ1) is 15.8. The van der Waals surface area contributed by atoms with E-state index in [4.69, 9.17) is 0 Å². The second kappa shape index (κ2) is 7.41. The fraction of sp³-hybridized carbons (Fsp3) is 0.938. The molecule has 1 aliphatic carbocycles. The van der Waals surface area contributed by atoms with Crippen molar-refractivity contribution in [2.45, 2.75) is 77.0 Å². The third-order valence-electron chi connectivity index (χ3n) is 4.65. The van der Waals surface area contributed by atoms with Gasteiger partial charge in [0.15, 0.2) is 0 Å². The van der Waals surface area contributed by atoms with E-state index in [1.165, 1.54) is 12.8 Å². The van der Waals surface area contributed by atoms with Gasteiger partial charge in [0, 0.05) is 31.6 Å². The predicted molar refractivity (Wildman–Crippen MR) is 80.5 cm³/mol. The molecule has 0 spiro atoms. The van der Waals surface area contributed by atoms with Crippen LogP contribution in [0.25, 0.3) is 0 Å². The maximum atomic E-state index is 11.8. The summed E-state index contributed by atoms with van der Waals surface area (Å²) in [7, 11) is 0. The summed E-state index contributed by atoms with van der Waals surface area (Å²) in [5, 5.41) is 13.3. The van der Waals surface area contributed by atoms with Gasteiger partial charge in [0.25, 0.3) is 0 Å². The smallest absolute Gasteiger partial charge is 0.220 e. The maximum Gasteiger partial charge on any atom is 0.220 e. The monoisotopic (exact) mass is 282 g/mol. The fourth-order valence-corrected chi connectivity index (χ4v) is 3.55. The maximum absolute atomic E-state index is 11.8. The molecule has 0 bridgehead atoms. The predicted octanol–water partition coefficient (Wildman–Crippen LogP) is 1.92. The van der Waals surface area contributed by atoms with E-state index in [0.717, 1.165) is 38.8 Å². The molecule has 1 saturated heterocycles. The molecule has 4 nitrogen and oxygen atoms in total. The number of likely N-dealkylation sites (tertiary alicyclic amines) is 1. The summed E-state index contributed by atoms with van der Waals surface area (Å²) < 4.78 is 0.